The second kappa shape index (κ2) is 5.92. The summed E-state index contributed by atoms with van der Waals surface area (Å²) in [5, 5.41) is 19.8. The molecule has 0 unspecified atom stereocenters. The average Bonchev–Trinajstić information content (AvgIpc) is 2.37. The van der Waals surface area contributed by atoms with Gasteiger partial charge in [-0.05, 0) is 36.8 Å². The van der Waals surface area contributed by atoms with Crippen molar-refractivity contribution in [1.29, 1.82) is 0 Å². The predicted molar refractivity (Wildman–Crippen MR) is 79.0 cm³/mol. The highest BCUT2D eigenvalue weighted by atomic mass is 79.9. The monoisotopic (exact) mass is 351 g/mol. The van der Waals surface area contributed by atoms with Crippen LogP contribution in [-0.4, -0.2) is 16.0 Å². The first-order chi connectivity index (χ1) is 9.86. The lowest BCUT2D eigenvalue weighted by Gasteiger charge is -2.08. The molecule has 6 nitrogen and oxygen atoms in total. The van der Waals surface area contributed by atoms with Crippen LogP contribution >= 0.6 is 15.9 Å². The molecule has 0 saturated heterocycles. The van der Waals surface area contributed by atoms with Crippen LogP contribution in [-0.2, 0) is 0 Å². The molecule has 7 heteroatoms. The number of carboxylic acid groups (broad SMARTS) is 1. The van der Waals surface area contributed by atoms with Crippen molar-refractivity contribution in [3.63, 3.8) is 0 Å². The fourth-order valence-electron chi connectivity index (χ4n) is 1.79. The van der Waals surface area contributed by atoms with Gasteiger partial charge in [-0.2, -0.15) is 0 Å². The number of nitro benzene ring substituents is 1. The molecule has 0 radical (unpaired) electrons. The quantitative estimate of drug-likeness (QED) is 0.659. The number of carboxylic acids is 1. The number of aromatic carboxylic acids is 1. The van der Waals surface area contributed by atoms with Crippen molar-refractivity contribution in [3.05, 3.63) is 62.1 Å². The lowest BCUT2D eigenvalue weighted by molar-refractivity contribution is -0.385. The van der Waals surface area contributed by atoms with Gasteiger partial charge < -0.3 is 9.84 Å². The van der Waals surface area contributed by atoms with Gasteiger partial charge in [-0.15, -0.1) is 0 Å². The van der Waals surface area contributed by atoms with Gasteiger partial charge in [0.2, 0.25) is 0 Å². The number of hydrogen-bond donors (Lipinski definition) is 1. The fraction of sp³-hybridized carbons (Fsp3) is 0.0714. The number of carbonyl (C=O) groups is 1. The lowest BCUT2D eigenvalue weighted by Crippen LogP contribution is -1.99. The minimum absolute atomic E-state index is 0.0988. The molecule has 0 aliphatic rings. The summed E-state index contributed by atoms with van der Waals surface area (Å²) < 4.78 is 6.06. The van der Waals surface area contributed by atoms with E-state index >= 15 is 0 Å². The number of hydrogen-bond acceptors (Lipinski definition) is 4. The van der Waals surface area contributed by atoms with Crippen molar-refractivity contribution in [2.24, 2.45) is 0 Å². The summed E-state index contributed by atoms with van der Waals surface area (Å²) >= 11 is 3.18. The number of aryl methyl sites for hydroxylation is 1. The first-order valence-corrected chi connectivity index (χ1v) is 6.63. The van der Waals surface area contributed by atoms with Crippen molar-refractivity contribution in [1.82, 2.24) is 0 Å². The van der Waals surface area contributed by atoms with E-state index in [1.54, 1.807) is 19.1 Å². The van der Waals surface area contributed by atoms with E-state index in [-0.39, 0.29) is 11.3 Å². The van der Waals surface area contributed by atoms with Crippen LogP contribution in [0.5, 0.6) is 11.5 Å². The van der Waals surface area contributed by atoms with Crippen LogP contribution in [0.25, 0.3) is 0 Å². The maximum atomic E-state index is 10.9. The minimum atomic E-state index is -1.02. The maximum Gasteiger partial charge on any atom is 0.335 e. The average molecular weight is 352 g/mol. The molecule has 0 aromatic heterocycles. The standard InChI is InChI=1S/C14H10BrNO5/c1-8-4-11(2-3-13(8)14(17)18)21-12-6-9(15)5-10(7-12)16(19)20/h2-7H,1H3,(H,17,18). The van der Waals surface area contributed by atoms with E-state index in [1.165, 1.54) is 24.3 Å². The van der Waals surface area contributed by atoms with Crippen molar-refractivity contribution in [3.8, 4) is 11.5 Å². The van der Waals surface area contributed by atoms with Crippen molar-refractivity contribution in [2.75, 3.05) is 0 Å². The molecular weight excluding hydrogens is 342 g/mol. The molecule has 0 bridgehead atoms. The first kappa shape index (κ1) is 15.0. The normalized spacial score (nSPS) is 10.2. The van der Waals surface area contributed by atoms with Gasteiger partial charge in [0.25, 0.3) is 5.69 Å². The summed E-state index contributed by atoms with van der Waals surface area (Å²) in [4.78, 5) is 21.2. The highest BCUT2D eigenvalue weighted by molar-refractivity contribution is 9.10. The summed E-state index contributed by atoms with van der Waals surface area (Å²) in [6.45, 7) is 1.65. The summed E-state index contributed by atoms with van der Waals surface area (Å²) in [5.41, 5.74) is 0.630. The molecule has 0 spiro atoms. The molecule has 0 heterocycles. The van der Waals surface area contributed by atoms with E-state index in [0.717, 1.165) is 0 Å². The molecule has 0 aliphatic carbocycles. The third kappa shape index (κ3) is 3.57. The van der Waals surface area contributed by atoms with Crippen LogP contribution in [0.1, 0.15) is 15.9 Å². The van der Waals surface area contributed by atoms with Crippen molar-refractivity contribution < 1.29 is 19.6 Å². The second-order valence-corrected chi connectivity index (χ2v) is 5.20. The topological polar surface area (TPSA) is 89.7 Å². The molecule has 2 rings (SSSR count). The predicted octanol–water partition coefficient (Wildman–Crippen LogP) is 4.16. The molecule has 0 atom stereocenters. The minimum Gasteiger partial charge on any atom is -0.478 e. The van der Waals surface area contributed by atoms with E-state index in [0.29, 0.717) is 21.5 Å². The third-order valence-corrected chi connectivity index (χ3v) is 3.19. The van der Waals surface area contributed by atoms with Crippen LogP contribution in [0, 0.1) is 17.0 Å². The molecule has 0 aliphatic heterocycles. The Labute approximate surface area is 128 Å². The Hall–Kier alpha value is -2.41. The summed E-state index contributed by atoms with van der Waals surface area (Å²) in [5.74, 6) is -0.319. The van der Waals surface area contributed by atoms with E-state index < -0.39 is 10.9 Å². The zero-order chi connectivity index (χ0) is 15.6. The Balaban J connectivity index is 2.32. The number of benzene rings is 2. The molecule has 0 fully saturated rings. The molecule has 2 aromatic rings. The number of non-ortho nitro benzene ring substituents is 1. The van der Waals surface area contributed by atoms with Crippen LogP contribution in [0.4, 0.5) is 5.69 Å². The molecular formula is C14H10BrNO5. The zero-order valence-electron chi connectivity index (χ0n) is 10.9. The number of rotatable bonds is 4. The van der Waals surface area contributed by atoms with Crippen LogP contribution in [0.3, 0.4) is 0 Å². The summed E-state index contributed by atoms with van der Waals surface area (Å²) in [6.07, 6.45) is 0. The van der Waals surface area contributed by atoms with Gasteiger partial charge in [0.05, 0.1) is 16.6 Å². The van der Waals surface area contributed by atoms with Gasteiger partial charge in [-0.25, -0.2) is 4.79 Å². The number of nitro groups is 1. The zero-order valence-corrected chi connectivity index (χ0v) is 12.5. The molecule has 1 N–H and O–H groups in total. The molecule has 21 heavy (non-hydrogen) atoms. The van der Waals surface area contributed by atoms with Crippen LogP contribution in [0.2, 0.25) is 0 Å². The smallest absolute Gasteiger partial charge is 0.335 e. The van der Waals surface area contributed by atoms with Gasteiger partial charge in [0.1, 0.15) is 11.5 Å². The first-order valence-electron chi connectivity index (χ1n) is 5.83. The summed E-state index contributed by atoms with van der Waals surface area (Å²) in [6, 6.07) is 8.75. The third-order valence-electron chi connectivity index (χ3n) is 2.73. The van der Waals surface area contributed by atoms with Crippen LogP contribution < -0.4 is 4.74 Å². The Morgan fingerprint density at radius 1 is 1.24 bits per heavy atom. The van der Waals surface area contributed by atoms with Crippen molar-refractivity contribution in [2.45, 2.75) is 6.92 Å². The lowest BCUT2D eigenvalue weighted by atomic mass is 10.1. The van der Waals surface area contributed by atoms with Crippen LogP contribution in [0.15, 0.2) is 40.9 Å². The van der Waals surface area contributed by atoms with E-state index in [4.69, 9.17) is 9.84 Å². The molecule has 0 amide bonds. The van der Waals surface area contributed by atoms with Gasteiger partial charge in [0, 0.05) is 10.5 Å². The van der Waals surface area contributed by atoms with Gasteiger partial charge in [-0.3, -0.25) is 10.1 Å². The van der Waals surface area contributed by atoms with Gasteiger partial charge in [0.15, 0.2) is 0 Å². The largest absolute Gasteiger partial charge is 0.478 e. The fourth-order valence-corrected chi connectivity index (χ4v) is 2.25. The Kier molecular flexibility index (Phi) is 4.23. The molecule has 2 aromatic carbocycles. The molecule has 108 valence electrons. The highest BCUT2D eigenvalue weighted by Gasteiger charge is 2.12. The van der Waals surface area contributed by atoms with E-state index in [9.17, 15) is 14.9 Å². The second-order valence-electron chi connectivity index (χ2n) is 4.29. The molecule has 0 saturated carbocycles. The Morgan fingerprint density at radius 2 is 1.95 bits per heavy atom. The Bertz CT molecular complexity index is 729. The number of nitrogens with zero attached hydrogens (tertiary/aromatic N) is 1. The van der Waals surface area contributed by atoms with E-state index in [2.05, 4.69) is 15.9 Å². The SMILES string of the molecule is Cc1cc(Oc2cc(Br)cc([N+](=O)[O-])c2)ccc1C(=O)O. The Morgan fingerprint density at radius 3 is 2.52 bits per heavy atom. The van der Waals surface area contributed by atoms with E-state index in [1.807, 2.05) is 0 Å². The number of ether oxygens (including phenoxy) is 1. The number of halogens is 1. The highest BCUT2D eigenvalue weighted by Crippen LogP contribution is 2.30. The summed E-state index contributed by atoms with van der Waals surface area (Å²) in [7, 11) is 0. The van der Waals surface area contributed by atoms with Crippen molar-refractivity contribution >= 4 is 27.6 Å². The maximum absolute atomic E-state index is 10.9. The van der Waals surface area contributed by atoms with Gasteiger partial charge >= 0.3 is 5.97 Å². The van der Waals surface area contributed by atoms with Gasteiger partial charge in [-0.1, -0.05) is 15.9 Å².